The van der Waals surface area contributed by atoms with E-state index in [2.05, 4.69) is 9.72 Å². The summed E-state index contributed by atoms with van der Waals surface area (Å²) in [6, 6.07) is 2.86. The Hall–Kier alpha value is -1.46. The van der Waals surface area contributed by atoms with Crippen LogP contribution in [-0.4, -0.2) is 24.4 Å². The first-order chi connectivity index (χ1) is 7.46. The van der Waals surface area contributed by atoms with Gasteiger partial charge in [-0.05, 0) is 25.5 Å². The van der Waals surface area contributed by atoms with Gasteiger partial charge in [0.05, 0.1) is 5.69 Å². The Labute approximate surface area is 90.8 Å². The maximum absolute atomic E-state index is 12.0. The van der Waals surface area contributed by atoms with E-state index in [1.807, 2.05) is 4.90 Å². The van der Waals surface area contributed by atoms with Gasteiger partial charge in [-0.25, -0.2) is 4.98 Å². The van der Waals surface area contributed by atoms with E-state index >= 15 is 0 Å². The maximum Gasteiger partial charge on any atom is 0.573 e. The molecule has 0 unspecified atom stereocenters. The van der Waals surface area contributed by atoms with Gasteiger partial charge in [0.25, 0.3) is 0 Å². The van der Waals surface area contributed by atoms with Crippen molar-refractivity contribution >= 4 is 5.82 Å². The van der Waals surface area contributed by atoms with E-state index in [4.69, 9.17) is 0 Å². The lowest BCUT2D eigenvalue weighted by Gasteiger charge is -2.32. The Balaban J connectivity index is 2.16. The molecular formula is C10H11F3N2O. The molecule has 0 radical (unpaired) electrons. The molecule has 1 aliphatic heterocycles. The molecule has 0 aliphatic carbocycles. The Morgan fingerprint density at radius 3 is 2.44 bits per heavy atom. The lowest BCUT2D eigenvalue weighted by molar-refractivity contribution is -0.275. The summed E-state index contributed by atoms with van der Waals surface area (Å²) < 4.78 is 39.8. The molecule has 16 heavy (non-hydrogen) atoms. The second kappa shape index (κ2) is 3.84. The van der Waals surface area contributed by atoms with Gasteiger partial charge in [-0.1, -0.05) is 0 Å². The number of anilines is 1. The summed E-state index contributed by atoms with van der Waals surface area (Å²) >= 11 is 0. The highest BCUT2D eigenvalue weighted by Gasteiger charge is 2.32. The van der Waals surface area contributed by atoms with E-state index < -0.39 is 6.36 Å². The number of nitrogens with zero attached hydrogens (tertiary/aromatic N) is 2. The van der Waals surface area contributed by atoms with Gasteiger partial charge in [-0.15, -0.1) is 13.2 Å². The van der Waals surface area contributed by atoms with Gasteiger partial charge in [-0.3, -0.25) is 0 Å². The van der Waals surface area contributed by atoms with E-state index in [-0.39, 0.29) is 11.4 Å². The zero-order valence-electron chi connectivity index (χ0n) is 8.71. The first kappa shape index (κ1) is 11.0. The van der Waals surface area contributed by atoms with Crippen LogP contribution in [0, 0.1) is 6.92 Å². The monoisotopic (exact) mass is 232 g/mol. The standard InChI is InChI=1S/C10H11F3N2O/c1-7-8(16-10(11,12)13)3-4-9(14-7)15-5-2-6-15/h3-4H,2,5-6H2,1H3. The molecule has 0 saturated carbocycles. The molecular weight excluding hydrogens is 221 g/mol. The SMILES string of the molecule is Cc1nc(N2CCC2)ccc1OC(F)(F)F. The summed E-state index contributed by atoms with van der Waals surface area (Å²) in [5.74, 6) is 0.468. The summed E-state index contributed by atoms with van der Waals surface area (Å²) in [6.07, 6.45) is -3.56. The van der Waals surface area contributed by atoms with Crippen molar-refractivity contribution in [3.05, 3.63) is 17.8 Å². The predicted octanol–water partition coefficient (Wildman–Crippen LogP) is 2.50. The van der Waals surface area contributed by atoms with Crippen molar-refractivity contribution in [3.8, 4) is 5.75 Å². The fraction of sp³-hybridized carbons (Fsp3) is 0.500. The van der Waals surface area contributed by atoms with Crippen molar-refractivity contribution in [1.29, 1.82) is 0 Å². The summed E-state index contributed by atoms with van der Waals surface area (Å²) in [4.78, 5) is 6.08. The number of aromatic nitrogens is 1. The molecule has 0 spiro atoms. The summed E-state index contributed by atoms with van der Waals surface area (Å²) in [7, 11) is 0. The van der Waals surface area contributed by atoms with Gasteiger partial charge < -0.3 is 9.64 Å². The zero-order valence-corrected chi connectivity index (χ0v) is 8.71. The lowest BCUT2D eigenvalue weighted by Crippen LogP contribution is -2.37. The Bertz CT molecular complexity index is 388. The number of alkyl halides is 3. The van der Waals surface area contributed by atoms with Crippen LogP contribution < -0.4 is 9.64 Å². The van der Waals surface area contributed by atoms with Crippen molar-refractivity contribution in [1.82, 2.24) is 4.98 Å². The van der Waals surface area contributed by atoms with Crippen molar-refractivity contribution in [2.75, 3.05) is 18.0 Å². The van der Waals surface area contributed by atoms with Crippen LogP contribution in [0.4, 0.5) is 19.0 Å². The van der Waals surface area contributed by atoms with Gasteiger partial charge in [0.1, 0.15) is 5.82 Å². The van der Waals surface area contributed by atoms with E-state index in [1.165, 1.54) is 13.0 Å². The quantitative estimate of drug-likeness (QED) is 0.783. The smallest absolute Gasteiger partial charge is 0.404 e. The minimum atomic E-state index is -4.66. The molecule has 1 aromatic rings. The van der Waals surface area contributed by atoms with Gasteiger partial charge in [0.15, 0.2) is 5.75 Å². The number of aryl methyl sites for hydroxylation is 1. The van der Waals surface area contributed by atoms with Crippen LogP contribution in [0.3, 0.4) is 0 Å². The first-order valence-electron chi connectivity index (χ1n) is 4.94. The van der Waals surface area contributed by atoms with Crippen molar-refractivity contribution in [3.63, 3.8) is 0 Å². The van der Waals surface area contributed by atoms with Gasteiger partial charge in [-0.2, -0.15) is 0 Å². The van der Waals surface area contributed by atoms with Crippen LogP contribution in [0.5, 0.6) is 5.75 Å². The Kier molecular flexibility index (Phi) is 2.65. The highest BCUT2D eigenvalue weighted by molar-refractivity contribution is 5.45. The largest absolute Gasteiger partial charge is 0.573 e. The highest BCUT2D eigenvalue weighted by atomic mass is 19.4. The molecule has 88 valence electrons. The Morgan fingerprint density at radius 1 is 1.31 bits per heavy atom. The zero-order chi connectivity index (χ0) is 11.8. The predicted molar refractivity (Wildman–Crippen MR) is 52.5 cm³/mol. The first-order valence-corrected chi connectivity index (χ1v) is 4.94. The highest BCUT2D eigenvalue weighted by Crippen LogP contribution is 2.28. The average Bonchev–Trinajstić information content (AvgIpc) is 2.04. The van der Waals surface area contributed by atoms with E-state index in [1.54, 1.807) is 6.07 Å². The number of hydrogen-bond acceptors (Lipinski definition) is 3. The minimum absolute atomic E-state index is 0.239. The normalized spacial score (nSPS) is 15.9. The molecule has 2 rings (SSSR count). The molecule has 3 nitrogen and oxygen atoms in total. The molecule has 0 aromatic carbocycles. The number of pyridine rings is 1. The number of hydrogen-bond donors (Lipinski definition) is 0. The van der Waals surface area contributed by atoms with Crippen LogP contribution in [0.15, 0.2) is 12.1 Å². The van der Waals surface area contributed by atoms with E-state index in [0.29, 0.717) is 5.82 Å². The van der Waals surface area contributed by atoms with Crippen LogP contribution in [-0.2, 0) is 0 Å². The third-order valence-corrected chi connectivity index (χ3v) is 2.43. The molecule has 6 heteroatoms. The topological polar surface area (TPSA) is 25.4 Å². The molecule has 1 aromatic heterocycles. The van der Waals surface area contributed by atoms with Gasteiger partial charge >= 0.3 is 6.36 Å². The summed E-state index contributed by atoms with van der Waals surface area (Å²) in [5.41, 5.74) is 0.252. The minimum Gasteiger partial charge on any atom is -0.404 e. The fourth-order valence-electron chi connectivity index (χ4n) is 1.49. The number of ether oxygens (including phenoxy) is 1. The molecule has 1 aliphatic rings. The molecule has 0 amide bonds. The van der Waals surface area contributed by atoms with Crippen LogP contribution in [0.25, 0.3) is 0 Å². The summed E-state index contributed by atoms with van der Waals surface area (Å²) in [6.45, 7) is 3.32. The molecule has 0 bridgehead atoms. The second-order valence-corrected chi connectivity index (χ2v) is 3.64. The van der Waals surface area contributed by atoms with Crippen LogP contribution in [0.2, 0.25) is 0 Å². The molecule has 1 fully saturated rings. The Morgan fingerprint density at radius 2 is 2.00 bits per heavy atom. The van der Waals surface area contributed by atoms with Crippen molar-refractivity contribution < 1.29 is 17.9 Å². The van der Waals surface area contributed by atoms with E-state index in [0.717, 1.165) is 19.5 Å². The molecule has 0 N–H and O–H groups in total. The maximum atomic E-state index is 12.0. The number of rotatable bonds is 2. The van der Waals surface area contributed by atoms with E-state index in [9.17, 15) is 13.2 Å². The third kappa shape index (κ3) is 2.37. The summed E-state index contributed by atoms with van der Waals surface area (Å²) in [5, 5.41) is 0. The van der Waals surface area contributed by atoms with Crippen LogP contribution >= 0.6 is 0 Å². The lowest BCUT2D eigenvalue weighted by atomic mass is 10.2. The van der Waals surface area contributed by atoms with Crippen molar-refractivity contribution in [2.45, 2.75) is 19.7 Å². The second-order valence-electron chi connectivity index (χ2n) is 3.64. The molecule has 1 saturated heterocycles. The third-order valence-electron chi connectivity index (χ3n) is 2.43. The average molecular weight is 232 g/mol. The molecule has 2 heterocycles. The van der Waals surface area contributed by atoms with Gasteiger partial charge in [0.2, 0.25) is 0 Å². The van der Waals surface area contributed by atoms with Crippen molar-refractivity contribution in [2.24, 2.45) is 0 Å². The molecule has 0 atom stereocenters. The fourth-order valence-corrected chi connectivity index (χ4v) is 1.49. The number of halogens is 3. The van der Waals surface area contributed by atoms with Gasteiger partial charge in [0, 0.05) is 13.1 Å². The van der Waals surface area contributed by atoms with Crippen LogP contribution in [0.1, 0.15) is 12.1 Å².